The molecule has 15 heavy (non-hydrogen) atoms. The fraction of sp³-hybridized carbons (Fsp3) is 0.500. The van der Waals surface area contributed by atoms with Gasteiger partial charge in [-0.15, -0.1) is 0 Å². The predicted molar refractivity (Wildman–Crippen MR) is 72.0 cm³/mol. The van der Waals surface area contributed by atoms with Gasteiger partial charge >= 0.3 is 0 Å². The lowest BCUT2D eigenvalue weighted by Gasteiger charge is -2.15. The van der Waals surface area contributed by atoms with Crippen LogP contribution in [0, 0.1) is 3.57 Å². The van der Waals surface area contributed by atoms with Crippen molar-refractivity contribution < 1.29 is 5.11 Å². The first-order valence-corrected chi connectivity index (χ1v) is 6.43. The van der Waals surface area contributed by atoms with Gasteiger partial charge in [0.1, 0.15) is 5.75 Å². The Hall–Kier alpha value is -0.290. The van der Waals surface area contributed by atoms with Crippen molar-refractivity contribution in [2.45, 2.75) is 39.2 Å². The van der Waals surface area contributed by atoms with Crippen LogP contribution in [0.2, 0.25) is 0 Å². The van der Waals surface area contributed by atoms with Gasteiger partial charge < -0.3 is 10.8 Å². The second-order valence-corrected chi connectivity index (χ2v) is 4.89. The molecule has 0 aliphatic rings. The third-order valence-electron chi connectivity index (χ3n) is 2.84. The Bertz CT molecular complexity index is 335. The Kier molecular flexibility index (Phi) is 4.86. The first kappa shape index (κ1) is 12.8. The summed E-state index contributed by atoms with van der Waals surface area (Å²) < 4.78 is 0.900. The molecule has 3 heteroatoms. The van der Waals surface area contributed by atoms with E-state index in [1.165, 1.54) is 5.56 Å². The minimum Gasteiger partial charge on any atom is -0.507 e. The fourth-order valence-electron chi connectivity index (χ4n) is 1.83. The van der Waals surface area contributed by atoms with Crippen molar-refractivity contribution in [2.24, 2.45) is 5.73 Å². The molecule has 0 unspecified atom stereocenters. The molecule has 0 heterocycles. The molecule has 2 nitrogen and oxygen atoms in total. The van der Waals surface area contributed by atoms with Crippen molar-refractivity contribution in [1.29, 1.82) is 0 Å². The number of benzene rings is 1. The Morgan fingerprint density at radius 2 is 1.93 bits per heavy atom. The first-order chi connectivity index (χ1) is 7.13. The lowest BCUT2D eigenvalue weighted by molar-refractivity contribution is 0.463. The van der Waals surface area contributed by atoms with E-state index in [2.05, 4.69) is 42.5 Å². The summed E-state index contributed by atoms with van der Waals surface area (Å²) in [7, 11) is 0. The van der Waals surface area contributed by atoms with Crippen molar-refractivity contribution in [3.63, 3.8) is 0 Å². The molecule has 0 bridgehead atoms. The zero-order valence-electron chi connectivity index (χ0n) is 9.26. The predicted octanol–water partition coefficient (Wildman–Crippen LogP) is 3.36. The van der Waals surface area contributed by atoms with Gasteiger partial charge in [-0.05, 0) is 53.0 Å². The van der Waals surface area contributed by atoms with E-state index in [1.54, 1.807) is 0 Å². The Morgan fingerprint density at radius 1 is 1.33 bits per heavy atom. The van der Waals surface area contributed by atoms with Crippen LogP contribution in [-0.2, 0) is 6.54 Å². The topological polar surface area (TPSA) is 46.2 Å². The van der Waals surface area contributed by atoms with Crippen molar-refractivity contribution in [2.75, 3.05) is 0 Å². The van der Waals surface area contributed by atoms with Crippen molar-refractivity contribution in [3.05, 3.63) is 26.8 Å². The molecule has 0 saturated carbocycles. The van der Waals surface area contributed by atoms with Gasteiger partial charge in [-0.25, -0.2) is 0 Å². The number of aromatic hydroxyl groups is 1. The van der Waals surface area contributed by atoms with E-state index >= 15 is 0 Å². The van der Waals surface area contributed by atoms with Gasteiger partial charge in [0.25, 0.3) is 0 Å². The average Bonchev–Trinajstić information content (AvgIpc) is 2.24. The molecule has 3 N–H and O–H groups in total. The van der Waals surface area contributed by atoms with E-state index in [9.17, 15) is 5.11 Å². The van der Waals surface area contributed by atoms with Crippen LogP contribution in [0.3, 0.4) is 0 Å². The molecule has 1 aromatic rings. The molecule has 0 spiro atoms. The normalized spacial score (nSPS) is 11.0. The molecular formula is C12H18INO. The van der Waals surface area contributed by atoms with E-state index in [1.807, 2.05) is 6.07 Å². The second kappa shape index (κ2) is 5.70. The molecule has 0 fully saturated rings. The number of rotatable bonds is 4. The molecule has 1 rings (SSSR count). The minimum absolute atomic E-state index is 0.341. The number of nitrogens with two attached hydrogens (primary N) is 1. The number of phenolic OH excluding ortho intramolecular Hbond substituents is 1. The second-order valence-electron chi connectivity index (χ2n) is 3.73. The smallest absolute Gasteiger partial charge is 0.133 e. The van der Waals surface area contributed by atoms with Crippen LogP contribution in [0.15, 0.2) is 12.1 Å². The third kappa shape index (κ3) is 2.84. The molecule has 0 aliphatic heterocycles. The van der Waals surface area contributed by atoms with Crippen LogP contribution in [0.25, 0.3) is 0 Å². The van der Waals surface area contributed by atoms with Crippen LogP contribution < -0.4 is 5.73 Å². The van der Waals surface area contributed by atoms with Crippen molar-refractivity contribution in [1.82, 2.24) is 0 Å². The van der Waals surface area contributed by atoms with Gasteiger partial charge in [-0.2, -0.15) is 0 Å². The third-order valence-corrected chi connectivity index (χ3v) is 3.66. The highest BCUT2D eigenvalue weighted by molar-refractivity contribution is 14.1. The van der Waals surface area contributed by atoms with Gasteiger partial charge in [0.05, 0.1) is 3.57 Å². The summed E-state index contributed by atoms with van der Waals surface area (Å²) in [5, 5.41) is 9.76. The van der Waals surface area contributed by atoms with Gasteiger partial charge in [0.15, 0.2) is 0 Å². The minimum atomic E-state index is 0.341. The van der Waals surface area contributed by atoms with Crippen LogP contribution in [0.4, 0.5) is 0 Å². The van der Waals surface area contributed by atoms with Crippen LogP contribution >= 0.6 is 22.6 Å². The molecule has 0 amide bonds. The van der Waals surface area contributed by atoms with Gasteiger partial charge in [0, 0.05) is 12.1 Å². The number of halogens is 1. The van der Waals surface area contributed by atoms with E-state index in [0.717, 1.165) is 22.0 Å². The molecule has 84 valence electrons. The lowest BCUT2D eigenvalue weighted by Crippen LogP contribution is -2.02. The Balaban J connectivity index is 3.15. The van der Waals surface area contributed by atoms with E-state index in [-0.39, 0.29) is 0 Å². The Morgan fingerprint density at radius 3 is 2.40 bits per heavy atom. The maximum atomic E-state index is 9.76. The summed E-state index contributed by atoms with van der Waals surface area (Å²) in [5.74, 6) is 0.914. The molecule has 0 radical (unpaired) electrons. The van der Waals surface area contributed by atoms with E-state index in [4.69, 9.17) is 5.73 Å². The zero-order chi connectivity index (χ0) is 11.4. The maximum absolute atomic E-state index is 9.76. The van der Waals surface area contributed by atoms with Gasteiger partial charge in [0.2, 0.25) is 0 Å². The molecule has 1 aromatic carbocycles. The monoisotopic (exact) mass is 319 g/mol. The average molecular weight is 319 g/mol. The summed E-state index contributed by atoms with van der Waals surface area (Å²) in [5.41, 5.74) is 7.75. The standard InChI is InChI=1S/C12H18INO/c1-3-8(4-2)9-5-10(7-14)12(15)11(13)6-9/h5-6,8,15H,3-4,7,14H2,1-2H3. The summed E-state index contributed by atoms with van der Waals surface area (Å²) in [4.78, 5) is 0. The van der Waals surface area contributed by atoms with Gasteiger partial charge in [-0.1, -0.05) is 19.9 Å². The summed E-state index contributed by atoms with van der Waals surface area (Å²) >= 11 is 2.16. The maximum Gasteiger partial charge on any atom is 0.133 e. The number of hydrogen-bond acceptors (Lipinski definition) is 2. The molecular weight excluding hydrogens is 301 g/mol. The highest BCUT2D eigenvalue weighted by Crippen LogP contribution is 2.31. The molecule has 0 atom stereocenters. The Labute approximate surface area is 105 Å². The van der Waals surface area contributed by atoms with E-state index < -0.39 is 0 Å². The van der Waals surface area contributed by atoms with E-state index in [0.29, 0.717) is 18.2 Å². The largest absolute Gasteiger partial charge is 0.507 e. The summed E-state index contributed by atoms with van der Waals surface area (Å²) in [6, 6.07) is 4.10. The van der Waals surface area contributed by atoms with Crippen LogP contribution in [-0.4, -0.2) is 5.11 Å². The van der Waals surface area contributed by atoms with Crippen LogP contribution in [0.1, 0.15) is 43.7 Å². The quantitative estimate of drug-likeness (QED) is 0.836. The molecule has 0 saturated heterocycles. The molecule has 0 aromatic heterocycles. The fourth-order valence-corrected chi connectivity index (χ4v) is 2.54. The lowest BCUT2D eigenvalue weighted by atomic mass is 9.92. The highest BCUT2D eigenvalue weighted by atomic mass is 127. The highest BCUT2D eigenvalue weighted by Gasteiger charge is 2.12. The summed E-state index contributed by atoms with van der Waals surface area (Å²) in [6.07, 6.45) is 2.25. The van der Waals surface area contributed by atoms with Crippen LogP contribution in [0.5, 0.6) is 5.75 Å². The summed E-state index contributed by atoms with van der Waals surface area (Å²) in [6.45, 7) is 4.78. The van der Waals surface area contributed by atoms with Gasteiger partial charge in [-0.3, -0.25) is 0 Å². The van der Waals surface area contributed by atoms with Crippen molar-refractivity contribution >= 4 is 22.6 Å². The SMILES string of the molecule is CCC(CC)c1cc(I)c(O)c(CN)c1. The number of phenols is 1. The van der Waals surface area contributed by atoms with Crippen molar-refractivity contribution in [3.8, 4) is 5.75 Å². The number of hydrogen-bond donors (Lipinski definition) is 2. The first-order valence-electron chi connectivity index (χ1n) is 5.35. The zero-order valence-corrected chi connectivity index (χ0v) is 11.4. The molecule has 0 aliphatic carbocycles.